The molecule has 3 rings (SSSR count). The highest BCUT2D eigenvalue weighted by molar-refractivity contribution is 6.33. The van der Waals surface area contributed by atoms with Crippen LogP contribution >= 0.6 is 11.6 Å². The highest BCUT2D eigenvalue weighted by Crippen LogP contribution is 2.17. The number of nitrogens with two attached hydrogens (primary N) is 2. The lowest BCUT2D eigenvalue weighted by atomic mass is 10.0. The number of nitrogens with zero attached hydrogens (tertiary/aromatic N) is 1. The molecule has 1 aromatic heterocycles. The Morgan fingerprint density at radius 3 is 2.57 bits per heavy atom. The number of benzene rings is 1. The van der Waals surface area contributed by atoms with Crippen molar-refractivity contribution in [1.82, 2.24) is 15.2 Å². The molecule has 1 aliphatic heterocycles. The molecule has 1 aliphatic rings. The second kappa shape index (κ2) is 12.3. The lowest BCUT2D eigenvalue weighted by molar-refractivity contribution is -0.121. The number of H-pyrrole nitrogens is 1. The normalized spacial score (nSPS) is 17.6. The molecule has 2 atom stereocenters. The Hall–Kier alpha value is -3.94. The fourth-order valence-corrected chi connectivity index (χ4v) is 3.93. The van der Waals surface area contributed by atoms with Crippen LogP contribution in [0.5, 0.6) is 0 Å². The molecule has 0 radical (unpaired) electrons. The summed E-state index contributed by atoms with van der Waals surface area (Å²) in [6.07, 6.45) is 0.0415. The van der Waals surface area contributed by atoms with E-state index in [4.69, 9.17) is 32.5 Å². The van der Waals surface area contributed by atoms with E-state index in [9.17, 15) is 24.0 Å². The van der Waals surface area contributed by atoms with Gasteiger partial charge in [0.15, 0.2) is 6.61 Å². The van der Waals surface area contributed by atoms with Crippen LogP contribution in [0.2, 0.25) is 5.02 Å². The second-order valence-electron chi connectivity index (χ2n) is 8.32. The van der Waals surface area contributed by atoms with E-state index in [1.165, 1.54) is 37.4 Å². The van der Waals surface area contributed by atoms with Crippen molar-refractivity contribution in [1.29, 1.82) is 0 Å². The second-order valence-corrected chi connectivity index (χ2v) is 8.73. The van der Waals surface area contributed by atoms with Crippen molar-refractivity contribution in [3.05, 3.63) is 56.8 Å². The first kappa shape index (κ1) is 27.6. The van der Waals surface area contributed by atoms with Gasteiger partial charge >= 0.3 is 5.97 Å². The number of anilines is 2. The van der Waals surface area contributed by atoms with Gasteiger partial charge in [0, 0.05) is 25.9 Å². The van der Waals surface area contributed by atoms with Crippen LogP contribution in [0.4, 0.5) is 11.5 Å². The number of nitrogens with one attached hydrogen (secondary N) is 3. The molecule has 0 aliphatic carbocycles. The number of aromatic nitrogens is 1. The highest BCUT2D eigenvalue weighted by Gasteiger charge is 2.32. The van der Waals surface area contributed by atoms with Gasteiger partial charge in [-0.05, 0) is 36.8 Å². The van der Waals surface area contributed by atoms with E-state index < -0.39 is 42.1 Å². The number of amides is 3. The minimum atomic E-state index is -0.763. The topological polar surface area (TPSA) is 199 Å². The van der Waals surface area contributed by atoms with Gasteiger partial charge in [-0.1, -0.05) is 11.6 Å². The Balaban J connectivity index is 1.52. The lowest BCUT2D eigenvalue weighted by Gasteiger charge is -2.37. The molecular formula is C23H27ClN6O7. The van der Waals surface area contributed by atoms with Gasteiger partial charge in [-0.3, -0.25) is 24.1 Å². The molecule has 7 N–H and O–H groups in total. The van der Waals surface area contributed by atoms with Crippen LogP contribution < -0.4 is 27.7 Å². The molecule has 13 nitrogen and oxygen atoms in total. The molecule has 3 amide bonds. The van der Waals surface area contributed by atoms with E-state index in [2.05, 4.69) is 15.6 Å². The smallest absolute Gasteiger partial charge is 0.338 e. The van der Waals surface area contributed by atoms with Crippen LogP contribution in [0.1, 0.15) is 27.1 Å². The van der Waals surface area contributed by atoms with E-state index in [0.717, 1.165) is 0 Å². The van der Waals surface area contributed by atoms with Crippen molar-refractivity contribution < 1.29 is 28.7 Å². The first-order valence-corrected chi connectivity index (χ1v) is 11.5. The number of rotatable bonds is 9. The molecule has 0 spiro atoms. The maximum Gasteiger partial charge on any atom is 0.338 e. The summed E-state index contributed by atoms with van der Waals surface area (Å²) < 4.78 is 10.3. The van der Waals surface area contributed by atoms with Gasteiger partial charge in [0.05, 0.1) is 29.3 Å². The zero-order valence-corrected chi connectivity index (χ0v) is 20.7. The third-order valence-corrected chi connectivity index (χ3v) is 5.96. The maximum atomic E-state index is 12.6. The van der Waals surface area contributed by atoms with Crippen molar-refractivity contribution in [2.45, 2.75) is 18.6 Å². The van der Waals surface area contributed by atoms with E-state index in [0.29, 0.717) is 25.2 Å². The standard InChI is InChI=1S/C23H27ClN6O7/c1-36-17-9-30(7-6-16(17)28-21(33)14-8-15(24)20(26)29-22(14)34)10-19(32)27-13-4-2-12(3-5-13)23(35)37-11-18(25)31/h2-5,8,16-17H,6-7,9-11H2,1H3,(H2,25,31)(H,27,32)(H,28,33)(H3,26,29,34)/t16-,17+/m1/s1. The molecule has 0 unspecified atom stereocenters. The lowest BCUT2D eigenvalue weighted by Crippen LogP contribution is -2.56. The molecule has 2 aromatic rings. The molecule has 37 heavy (non-hydrogen) atoms. The number of methoxy groups -OCH3 is 1. The summed E-state index contributed by atoms with van der Waals surface area (Å²) in [7, 11) is 1.50. The number of primary amides is 1. The molecule has 14 heteroatoms. The van der Waals surface area contributed by atoms with E-state index >= 15 is 0 Å². The van der Waals surface area contributed by atoms with Gasteiger partial charge in [0.25, 0.3) is 17.4 Å². The quantitative estimate of drug-likeness (QED) is 0.268. The summed E-state index contributed by atoms with van der Waals surface area (Å²) in [6.45, 7) is 0.393. The number of carbonyl (C=O) groups excluding carboxylic acids is 4. The van der Waals surface area contributed by atoms with Gasteiger partial charge in [0.2, 0.25) is 5.91 Å². The largest absolute Gasteiger partial charge is 0.452 e. The van der Waals surface area contributed by atoms with Crippen molar-refractivity contribution in [3.8, 4) is 0 Å². The SMILES string of the molecule is CO[C@H]1CN(CC(=O)Nc2ccc(C(=O)OCC(N)=O)cc2)CC[C@H]1NC(=O)c1cc(Cl)c(N)[nH]c1=O. The van der Waals surface area contributed by atoms with Crippen molar-refractivity contribution in [3.63, 3.8) is 0 Å². The number of aromatic amines is 1. The van der Waals surface area contributed by atoms with Crippen LogP contribution in [0.3, 0.4) is 0 Å². The number of ether oxygens (including phenoxy) is 2. The molecule has 1 saturated heterocycles. The number of esters is 1. The fourth-order valence-electron chi connectivity index (χ4n) is 3.78. The summed E-state index contributed by atoms with van der Waals surface area (Å²) in [5.41, 5.74) is 10.3. The fraction of sp³-hybridized carbons (Fsp3) is 0.348. The number of likely N-dealkylation sites (tertiary alicyclic amines) is 1. The molecule has 2 heterocycles. The highest BCUT2D eigenvalue weighted by atomic mass is 35.5. The van der Waals surface area contributed by atoms with Crippen LogP contribution in [-0.4, -0.2) is 79.1 Å². The monoisotopic (exact) mass is 534 g/mol. The summed E-state index contributed by atoms with van der Waals surface area (Å²) in [6, 6.07) is 6.78. The zero-order valence-electron chi connectivity index (χ0n) is 19.9. The number of hydrogen-bond donors (Lipinski definition) is 5. The molecule has 0 bridgehead atoms. The number of carbonyl (C=O) groups is 4. The Labute approximate surface area is 216 Å². The van der Waals surface area contributed by atoms with Gasteiger partial charge in [0.1, 0.15) is 11.4 Å². The first-order chi connectivity index (χ1) is 17.6. The van der Waals surface area contributed by atoms with Crippen molar-refractivity contribution in [2.75, 3.05) is 44.4 Å². The number of nitrogen functional groups attached to an aromatic ring is 1. The third-order valence-electron chi connectivity index (χ3n) is 5.65. The molecule has 198 valence electrons. The number of piperidine rings is 1. The first-order valence-electron chi connectivity index (χ1n) is 11.2. The van der Waals surface area contributed by atoms with Gasteiger partial charge in [-0.25, -0.2) is 4.79 Å². The summed E-state index contributed by atoms with van der Waals surface area (Å²) in [5, 5.41) is 5.60. The Bertz CT molecular complexity index is 1230. The summed E-state index contributed by atoms with van der Waals surface area (Å²) in [4.78, 5) is 64.0. The van der Waals surface area contributed by atoms with E-state index in [1.54, 1.807) is 0 Å². The number of pyridine rings is 1. The maximum absolute atomic E-state index is 12.6. The Kier molecular flexibility index (Phi) is 9.22. The molecule has 0 saturated carbocycles. The van der Waals surface area contributed by atoms with E-state index in [-0.39, 0.29) is 34.4 Å². The predicted octanol–water partition coefficient (Wildman–Crippen LogP) is -0.290. The minimum Gasteiger partial charge on any atom is -0.452 e. The Morgan fingerprint density at radius 2 is 1.92 bits per heavy atom. The molecule has 1 fully saturated rings. The average molecular weight is 535 g/mol. The summed E-state index contributed by atoms with van der Waals surface area (Å²) >= 11 is 5.92. The predicted molar refractivity (Wildman–Crippen MR) is 134 cm³/mol. The van der Waals surface area contributed by atoms with Crippen LogP contribution in [-0.2, 0) is 19.1 Å². The van der Waals surface area contributed by atoms with E-state index in [1.807, 2.05) is 4.90 Å². The minimum absolute atomic E-state index is 0.0248. The van der Waals surface area contributed by atoms with Crippen LogP contribution in [0.25, 0.3) is 0 Å². The Morgan fingerprint density at radius 1 is 1.22 bits per heavy atom. The van der Waals surface area contributed by atoms with Crippen LogP contribution in [0.15, 0.2) is 35.1 Å². The number of halogens is 1. The average Bonchev–Trinajstić information content (AvgIpc) is 2.85. The molecule has 1 aromatic carbocycles. The van der Waals surface area contributed by atoms with Gasteiger partial charge < -0.3 is 36.6 Å². The van der Waals surface area contributed by atoms with Crippen molar-refractivity contribution >= 4 is 46.8 Å². The summed E-state index contributed by atoms with van der Waals surface area (Å²) in [5.74, 6) is -2.39. The van der Waals surface area contributed by atoms with Crippen molar-refractivity contribution in [2.24, 2.45) is 5.73 Å². The number of hydrogen-bond acceptors (Lipinski definition) is 9. The van der Waals surface area contributed by atoms with Gasteiger partial charge in [-0.2, -0.15) is 0 Å². The zero-order chi connectivity index (χ0) is 27.1. The van der Waals surface area contributed by atoms with Gasteiger partial charge in [-0.15, -0.1) is 0 Å². The molecular weight excluding hydrogens is 508 g/mol. The third kappa shape index (κ3) is 7.52. The van der Waals surface area contributed by atoms with Crippen LogP contribution in [0, 0.1) is 0 Å².